The summed E-state index contributed by atoms with van der Waals surface area (Å²) in [5.74, 6) is -2.49. The second-order valence-electron chi connectivity index (χ2n) is 24.0. The Balaban J connectivity index is 0.686. The predicted octanol–water partition coefficient (Wildman–Crippen LogP) is 9.19. The van der Waals surface area contributed by atoms with Gasteiger partial charge < -0.3 is 24.9 Å². The first-order valence-corrected chi connectivity index (χ1v) is 35.1. The Labute approximate surface area is 532 Å². The number of nitrogens with zero attached hydrogens (tertiary/aromatic N) is 6. The zero-order chi connectivity index (χ0) is 63.3. The molecule has 2 atom stereocenters. The van der Waals surface area contributed by atoms with E-state index in [0.29, 0.717) is 35.7 Å². The fourth-order valence-corrected chi connectivity index (χ4v) is 16.2. The van der Waals surface area contributed by atoms with Crippen molar-refractivity contribution in [3.05, 3.63) is 148 Å². The summed E-state index contributed by atoms with van der Waals surface area (Å²) >= 11 is 7.65. The third-order valence-corrected chi connectivity index (χ3v) is 22.4. The van der Waals surface area contributed by atoms with Gasteiger partial charge in [0.1, 0.15) is 10.9 Å². The number of hydrogen-bond donors (Lipinski definition) is 3. The average molecular weight is 1310 g/mol. The first kappa shape index (κ1) is 64.7. The van der Waals surface area contributed by atoms with Crippen LogP contribution >= 0.6 is 23.4 Å². The van der Waals surface area contributed by atoms with Crippen molar-refractivity contribution >= 4 is 95.4 Å². The van der Waals surface area contributed by atoms with Crippen molar-refractivity contribution in [3.63, 3.8) is 0 Å². The lowest BCUT2D eigenvalue weighted by Gasteiger charge is -2.39. The smallest absolute Gasteiger partial charge is 0.380 e. The zero-order valence-corrected chi connectivity index (χ0v) is 53.0. The van der Waals surface area contributed by atoms with E-state index in [2.05, 4.69) is 47.3 Å². The molecular formula is C65H73ClF3N9O9S3. The van der Waals surface area contributed by atoms with Crippen LogP contribution in [0.25, 0.3) is 5.57 Å². The number of piperazine rings is 2. The standard InChI is InChI=1S/C65H73ClF3N9O9S3/c66-48-15-11-45(12-16-48)54-10-6-1-3-7-47(54)42-75-35-37-77(38-36-75)50-17-13-46(14-18-50)61(80)72-90(86,87)53-20-22-57(59(40-53)89(84,85)65(67,68)69)70-49(43-88-52-8-4-2-5-9-52)27-28-73-31-33-74(34-32-73)41-44-25-29-76(30-26-44)51-19-21-55-56(39-51)64(83)78(63(55)82)58-23-24-60(79)71-62(58)81/h2,4-5,8-9,11-22,39-40,44,49,58,70H,1,3,6-7,10,23-38,41-43H2,(H,72,80)(H,71,79,81)/t49-,58?/m1/s1. The Morgan fingerprint density at radius 1 is 0.678 bits per heavy atom. The third-order valence-electron chi connectivity index (χ3n) is 18.1. The highest BCUT2D eigenvalue weighted by molar-refractivity contribution is 7.99. The zero-order valence-electron chi connectivity index (χ0n) is 49.8. The van der Waals surface area contributed by atoms with Crippen molar-refractivity contribution in [2.24, 2.45) is 5.92 Å². The van der Waals surface area contributed by atoms with Gasteiger partial charge in [0, 0.05) is 130 Å². The molecule has 5 amide bonds. The number of benzene rings is 5. The van der Waals surface area contributed by atoms with Crippen LogP contribution in [0.5, 0.6) is 0 Å². The molecule has 0 aromatic heterocycles. The molecule has 4 saturated heterocycles. The van der Waals surface area contributed by atoms with Crippen LogP contribution in [0.1, 0.15) is 101 Å². The lowest BCUT2D eigenvalue weighted by atomic mass is 9.95. The molecule has 90 heavy (non-hydrogen) atoms. The van der Waals surface area contributed by atoms with Gasteiger partial charge in [0.05, 0.1) is 21.7 Å². The van der Waals surface area contributed by atoms with Gasteiger partial charge in [-0.2, -0.15) is 13.2 Å². The quantitative estimate of drug-likeness (QED) is 0.0490. The Morgan fingerprint density at radius 3 is 2.03 bits per heavy atom. The SMILES string of the molecule is O=C1CCC(N2C(=O)c3ccc(N4CCC(CN5CCN(CC[C@H](CSc6ccccc6)Nc6ccc(S(=O)(=O)NC(=O)c7ccc(N8CCN(CC9=C(c%10ccc(Cl)cc%10)CCCCC9)CC8)cc7)cc6S(=O)(=O)C(F)(F)F)CC5)CC4)cc3C2=O)C(=O)N1. The molecular weight excluding hydrogens is 1240 g/mol. The summed E-state index contributed by atoms with van der Waals surface area (Å²) in [6.45, 7) is 9.83. The van der Waals surface area contributed by atoms with Gasteiger partial charge in [0.2, 0.25) is 11.8 Å². The molecule has 25 heteroatoms. The van der Waals surface area contributed by atoms with E-state index in [1.165, 1.54) is 47.0 Å². The topological polar surface area (TPSA) is 209 Å². The molecule has 478 valence electrons. The molecule has 0 bridgehead atoms. The van der Waals surface area contributed by atoms with Crippen LogP contribution in [0.15, 0.2) is 136 Å². The number of alkyl halides is 3. The van der Waals surface area contributed by atoms with Crippen LogP contribution in [0, 0.1) is 5.92 Å². The number of halogens is 4. The summed E-state index contributed by atoms with van der Waals surface area (Å²) in [4.78, 5) is 75.8. The number of thioether (sulfide) groups is 1. The lowest BCUT2D eigenvalue weighted by Crippen LogP contribution is -2.54. The van der Waals surface area contributed by atoms with Gasteiger partial charge in [-0.05, 0) is 153 Å². The monoisotopic (exact) mass is 1310 g/mol. The Kier molecular flexibility index (Phi) is 20.1. The van der Waals surface area contributed by atoms with Crippen LogP contribution in [-0.2, 0) is 29.4 Å². The molecule has 0 spiro atoms. The molecule has 1 aliphatic carbocycles. The van der Waals surface area contributed by atoms with Crippen LogP contribution < -0.4 is 25.2 Å². The van der Waals surface area contributed by atoms with Crippen LogP contribution in [-0.4, -0.2) is 174 Å². The van der Waals surface area contributed by atoms with E-state index in [4.69, 9.17) is 11.6 Å². The van der Waals surface area contributed by atoms with E-state index in [1.807, 2.05) is 53.3 Å². The van der Waals surface area contributed by atoms with E-state index < -0.39 is 82.5 Å². The number of fused-ring (bicyclic) bond motifs is 1. The largest absolute Gasteiger partial charge is 0.501 e. The van der Waals surface area contributed by atoms with Gasteiger partial charge >= 0.3 is 5.51 Å². The summed E-state index contributed by atoms with van der Waals surface area (Å²) in [6, 6.07) is 29.8. The summed E-state index contributed by atoms with van der Waals surface area (Å²) < 4.78 is 100. The number of nitrogens with one attached hydrogen (secondary N) is 3. The molecule has 3 N–H and O–H groups in total. The average Bonchev–Trinajstić information content (AvgIpc) is 1.53. The number of hydrogen-bond acceptors (Lipinski definition) is 16. The van der Waals surface area contributed by atoms with E-state index in [9.17, 15) is 54.0 Å². The van der Waals surface area contributed by atoms with Crippen molar-refractivity contribution in [2.45, 2.75) is 96.5 Å². The first-order chi connectivity index (χ1) is 43.2. The molecule has 0 saturated carbocycles. The maximum Gasteiger partial charge on any atom is 0.501 e. The number of anilines is 3. The second-order valence-corrected chi connectivity index (χ2v) is 29.1. The molecule has 4 fully saturated rings. The normalized spacial score (nSPS) is 20.0. The highest BCUT2D eigenvalue weighted by Gasteiger charge is 2.49. The number of sulfonamides is 1. The van der Waals surface area contributed by atoms with E-state index >= 15 is 0 Å². The predicted molar refractivity (Wildman–Crippen MR) is 341 cm³/mol. The number of piperidine rings is 2. The van der Waals surface area contributed by atoms with Crippen molar-refractivity contribution in [2.75, 3.05) is 106 Å². The first-order valence-electron chi connectivity index (χ1n) is 30.7. The number of imide groups is 2. The molecule has 5 aromatic carbocycles. The Bertz CT molecular complexity index is 3750. The van der Waals surface area contributed by atoms with E-state index in [1.54, 1.807) is 24.3 Å². The molecule has 6 aliphatic rings. The van der Waals surface area contributed by atoms with Gasteiger partial charge in [0.25, 0.3) is 37.6 Å². The van der Waals surface area contributed by atoms with Crippen molar-refractivity contribution in [3.8, 4) is 0 Å². The van der Waals surface area contributed by atoms with Crippen molar-refractivity contribution in [1.82, 2.24) is 29.6 Å². The number of allylic oxidation sites excluding steroid dienone is 1. The molecule has 0 radical (unpaired) electrons. The van der Waals surface area contributed by atoms with Gasteiger partial charge in [-0.15, -0.1) is 11.8 Å². The van der Waals surface area contributed by atoms with Gasteiger partial charge in [-0.3, -0.25) is 39.1 Å². The van der Waals surface area contributed by atoms with E-state index in [0.717, 1.165) is 150 Å². The number of carbonyl (C=O) groups excluding carboxylic acids is 5. The molecule has 18 nitrogen and oxygen atoms in total. The number of rotatable bonds is 20. The Hall–Kier alpha value is -6.80. The minimum atomic E-state index is -6.14. The fourth-order valence-electron chi connectivity index (χ4n) is 13.0. The van der Waals surface area contributed by atoms with Gasteiger partial charge in [-0.1, -0.05) is 53.9 Å². The molecule has 1 unspecified atom stereocenters. The van der Waals surface area contributed by atoms with Crippen LogP contribution in [0.3, 0.4) is 0 Å². The number of amides is 5. The minimum absolute atomic E-state index is 0.0198. The summed E-state index contributed by atoms with van der Waals surface area (Å²) in [5, 5.41) is 6.00. The van der Waals surface area contributed by atoms with Crippen molar-refractivity contribution < 1.29 is 54.0 Å². The van der Waals surface area contributed by atoms with E-state index in [-0.39, 0.29) is 29.5 Å². The van der Waals surface area contributed by atoms with Gasteiger partial charge in [-0.25, -0.2) is 21.6 Å². The third kappa shape index (κ3) is 15.1. The maximum absolute atomic E-state index is 14.5. The minimum Gasteiger partial charge on any atom is -0.380 e. The summed E-state index contributed by atoms with van der Waals surface area (Å²) in [5.41, 5.74) is -0.0293. The lowest BCUT2D eigenvalue weighted by molar-refractivity contribution is -0.136. The van der Waals surface area contributed by atoms with Crippen molar-refractivity contribution in [1.29, 1.82) is 0 Å². The number of carbonyl (C=O) groups is 5. The van der Waals surface area contributed by atoms with Crippen LogP contribution in [0.4, 0.5) is 30.2 Å². The van der Waals surface area contributed by atoms with Gasteiger partial charge in [0.15, 0.2) is 0 Å². The number of sulfone groups is 1. The highest BCUT2D eigenvalue weighted by atomic mass is 35.5. The molecule has 5 aliphatic heterocycles. The second kappa shape index (κ2) is 28.0. The molecule has 11 rings (SSSR count). The summed E-state index contributed by atoms with van der Waals surface area (Å²) in [6.07, 6.45) is 7.90. The molecule has 5 aromatic rings. The summed E-state index contributed by atoms with van der Waals surface area (Å²) in [7, 11) is -11.0. The molecule has 5 heterocycles. The highest BCUT2D eigenvalue weighted by Crippen LogP contribution is 2.39. The maximum atomic E-state index is 14.5. The van der Waals surface area contributed by atoms with Crippen LogP contribution in [0.2, 0.25) is 5.02 Å². The Morgan fingerprint density at radius 2 is 1.33 bits per heavy atom. The fraction of sp³-hybridized carbons (Fsp3) is 0.431.